The molecular weight excluding hydrogens is 452 g/mol. The van der Waals surface area contributed by atoms with Gasteiger partial charge in [0.05, 0.1) is 21.5 Å². The van der Waals surface area contributed by atoms with Crippen molar-refractivity contribution in [2.45, 2.75) is 0 Å². The van der Waals surface area contributed by atoms with E-state index in [1.54, 1.807) is 11.3 Å². The zero-order valence-electron chi connectivity index (χ0n) is 19.3. The predicted octanol–water partition coefficient (Wildman–Crippen LogP) is 8.46. The Labute approximate surface area is 206 Å². The Kier molecular flexibility index (Phi) is 5.16. The van der Waals surface area contributed by atoms with Gasteiger partial charge in [-0.05, 0) is 47.2 Å². The molecule has 1 aromatic heterocycles. The molecule has 6 heteroatoms. The second-order valence-corrected chi connectivity index (χ2v) is 9.64. The molecule has 1 N–H and O–H groups in total. The van der Waals surface area contributed by atoms with Crippen LogP contribution >= 0.6 is 11.3 Å². The fraction of sp³-hybridized carbons (Fsp3) is 0.0690. The van der Waals surface area contributed by atoms with Crippen LogP contribution in [0.15, 0.2) is 101 Å². The lowest BCUT2D eigenvalue weighted by Crippen LogP contribution is -2.07. The lowest BCUT2D eigenvalue weighted by Gasteiger charge is -2.11. The van der Waals surface area contributed by atoms with Crippen LogP contribution in [0.3, 0.4) is 0 Å². The van der Waals surface area contributed by atoms with E-state index in [-0.39, 0.29) is 5.75 Å². The van der Waals surface area contributed by atoms with Crippen molar-refractivity contribution in [2.75, 3.05) is 19.0 Å². The third-order valence-corrected chi connectivity index (χ3v) is 7.19. The Hall–Kier alpha value is -4.29. The van der Waals surface area contributed by atoms with Gasteiger partial charge in [0.2, 0.25) is 0 Å². The number of hydrogen-bond acceptors (Lipinski definition) is 6. The molecule has 170 valence electrons. The maximum absolute atomic E-state index is 11.4. The van der Waals surface area contributed by atoms with E-state index in [2.05, 4.69) is 34.5 Å². The molecule has 0 unspecified atom stereocenters. The number of rotatable bonds is 4. The van der Waals surface area contributed by atoms with E-state index in [1.165, 1.54) is 0 Å². The highest BCUT2D eigenvalue weighted by molar-refractivity contribution is 7.21. The summed E-state index contributed by atoms with van der Waals surface area (Å²) >= 11 is 1.57. The van der Waals surface area contributed by atoms with Crippen molar-refractivity contribution in [2.24, 2.45) is 10.2 Å². The van der Waals surface area contributed by atoms with Crippen LogP contribution in [0.1, 0.15) is 0 Å². The molecule has 6 aromatic rings. The summed E-state index contributed by atoms with van der Waals surface area (Å²) in [6.07, 6.45) is 0. The molecule has 0 radical (unpaired) electrons. The Bertz CT molecular complexity index is 1740. The first-order valence-electron chi connectivity index (χ1n) is 11.3. The van der Waals surface area contributed by atoms with Gasteiger partial charge in [0.25, 0.3) is 0 Å². The number of aromatic nitrogens is 1. The Balaban J connectivity index is 1.50. The number of thiazole rings is 1. The third-order valence-electron chi connectivity index (χ3n) is 6.14. The molecule has 1 heterocycles. The quantitative estimate of drug-likeness (QED) is 0.261. The number of phenolic OH excluding ortho intramolecular Hbond substituents is 1. The molecular formula is C29H22N4OS. The van der Waals surface area contributed by atoms with Crippen molar-refractivity contribution in [3.63, 3.8) is 0 Å². The topological polar surface area (TPSA) is 61.1 Å². The average molecular weight is 475 g/mol. The number of phenols is 1. The van der Waals surface area contributed by atoms with Gasteiger partial charge in [-0.2, -0.15) is 5.11 Å². The molecule has 35 heavy (non-hydrogen) atoms. The molecule has 5 nitrogen and oxygen atoms in total. The van der Waals surface area contributed by atoms with Crippen LogP contribution in [0.4, 0.5) is 17.1 Å². The maximum atomic E-state index is 11.4. The van der Waals surface area contributed by atoms with Gasteiger partial charge < -0.3 is 10.0 Å². The molecule has 5 aromatic carbocycles. The number of azo groups is 1. The normalized spacial score (nSPS) is 11.7. The first kappa shape index (κ1) is 21.3. The first-order chi connectivity index (χ1) is 17.1. The van der Waals surface area contributed by atoms with Gasteiger partial charge in [0.15, 0.2) is 5.75 Å². The highest BCUT2D eigenvalue weighted by Gasteiger charge is 2.18. The summed E-state index contributed by atoms with van der Waals surface area (Å²) < 4.78 is 1.08. The lowest BCUT2D eigenvalue weighted by atomic mass is 10.0. The van der Waals surface area contributed by atoms with Crippen molar-refractivity contribution < 1.29 is 5.11 Å². The van der Waals surface area contributed by atoms with E-state index in [9.17, 15) is 5.11 Å². The fourth-order valence-electron chi connectivity index (χ4n) is 4.28. The number of aromatic hydroxyl groups is 1. The number of nitrogens with zero attached hydrogens (tertiary/aromatic N) is 4. The molecule has 0 saturated carbocycles. The first-order valence-corrected chi connectivity index (χ1v) is 12.1. The monoisotopic (exact) mass is 474 g/mol. The van der Waals surface area contributed by atoms with Gasteiger partial charge >= 0.3 is 0 Å². The maximum Gasteiger partial charge on any atom is 0.154 e. The summed E-state index contributed by atoms with van der Waals surface area (Å²) in [5.74, 6) is 0.0840. The molecule has 0 saturated heterocycles. The zero-order valence-corrected chi connectivity index (χ0v) is 20.1. The fourth-order valence-corrected chi connectivity index (χ4v) is 5.28. The standard InChI is InChI=1S/C29H22N4OS/c1-33(2)21-14-12-20(13-15-21)31-32-27-23-10-6-4-8-19(23)17-24(28(27)34)29-30-26-22-9-5-3-7-18(22)11-16-25(26)35-29/h3-17,34H,1-2H3. The van der Waals surface area contributed by atoms with Gasteiger partial charge in [0.1, 0.15) is 10.7 Å². The SMILES string of the molecule is CN(C)c1ccc(N=Nc2c(O)c(-c3nc4c(ccc5ccccc54)s3)cc3ccccc23)cc1. The Morgan fingerprint density at radius 3 is 2.26 bits per heavy atom. The molecule has 6 rings (SSSR count). The van der Waals surface area contributed by atoms with E-state index < -0.39 is 0 Å². The molecule has 0 aliphatic rings. The van der Waals surface area contributed by atoms with Crippen LogP contribution in [0, 0.1) is 0 Å². The summed E-state index contributed by atoms with van der Waals surface area (Å²) in [6.45, 7) is 0. The molecule has 0 amide bonds. The smallest absolute Gasteiger partial charge is 0.154 e. The second-order valence-electron chi connectivity index (χ2n) is 8.61. The van der Waals surface area contributed by atoms with Crippen LogP contribution in [0.25, 0.3) is 42.3 Å². The van der Waals surface area contributed by atoms with Gasteiger partial charge in [-0.25, -0.2) is 4.98 Å². The summed E-state index contributed by atoms with van der Waals surface area (Å²) in [4.78, 5) is 6.98. The third kappa shape index (κ3) is 3.78. The number of anilines is 1. The van der Waals surface area contributed by atoms with E-state index in [0.717, 1.165) is 48.1 Å². The van der Waals surface area contributed by atoms with Gasteiger partial charge in [-0.3, -0.25) is 0 Å². The molecule has 0 atom stereocenters. The second kappa shape index (κ2) is 8.49. The lowest BCUT2D eigenvalue weighted by molar-refractivity contribution is 0.479. The molecule has 0 fully saturated rings. The van der Waals surface area contributed by atoms with Gasteiger partial charge in [-0.1, -0.05) is 54.6 Å². The van der Waals surface area contributed by atoms with Crippen molar-refractivity contribution in [3.05, 3.63) is 91.0 Å². The van der Waals surface area contributed by atoms with E-state index in [0.29, 0.717) is 11.3 Å². The largest absolute Gasteiger partial charge is 0.505 e. The highest BCUT2D eigenvalue weighted by atomic mass is 32.1. The van der Waals surface area contributed by atoms with Crippen molar-refractivity contribution in [1.29, 1.82) is 0 Å². The van der Waals surface area contributed by atoms with Gasteiger partial charge in [0, 0.05) is 30.6 Å². The van der Waals surface area contributed by atoms with Crippen LogP contribution in [-0.2, 0) is 0 Å². The van der Waals surface area contributed by atoms with Crippen LogP contribution in [0.5, 0.6) is 5.75 Å². The number of hydrogen-bond donors (Lipinski definition) is 1. The predicted molar refractivity (Wildman–Crippen MR) is 147 cm³/mol. The molecule has 0 spiro atoms. The number of benzene rings is 5. The average Bonchev–Trinajstić information content (AvgIpc) is 3.33. The Morgan fingerprint density at radius 2 is 1.49 bits per heavy atom. The zero-order chi connectivity index (χ0) is 23.9. The van der Waals surface area contributed by atoms with Crippen molar-refractivity contribution in [1.82, 2.24) is 4.98 Å². The van der Waals surface area contributed by atoms with Crippen molar-refractivity contribution >= 4 is 60.2 Å². The summed E-state index contributed by atoms with van der Waals surface area (Å²) in [5.41, 5.74) is 3.85. The minimum absolute atomic E-state index is 0.0840. The van der Waals surface area contributed by atoms with Crippen LogP contribution < -0.4 is 4.90 Å². The molecule has 0 bridgehead atoms. The van der Waals surface area contributed by atoms with E-state index >= 15 is 0 Å². The Morgan fingerprint density at radius 1 is 0.771 bits per heavy atom. The molecule has 0 aliphatic heterocycles. The highest BCUT2D eigenvalue weighted by Crippen LogP contribution is 2.46. The van der Waals surface area contributed by atoms with Crippen LogP contribution in [-0.4, -0.2) is 24.2 Å². The summed E-state index contributed by atoms with van der Waals surface area (Å²) in [7, 11) is 3.99. The summed E-state index contributed by atoms with van der Waals surface area (Å²) in [5, 5.41) is 25.1. The number of fused-ring (bicyclic) bond motifs is 4. The van der Waals surface area contributed by atoms with E-state index in [4.69, 9.17) is 4.98 Å². The molecule has 0 aliphatic carbocycles. The minimum atomic E-state index is 0.0840. The summed E-state index contributed by atoms with van der Waals surface area (Å²) in [6, 6.07) is 30.1. The van der Waals surface area contributed by atoms with E-state index in [1.807, 2.05) is 85.7 Å². The van der Waals surface area contributed by atoms with Crippen LogP contribution in [0.2, 0.25) is 0 Å². The van der Waals surface area contributed by atoms with Gasteiger partial charge in [-0.15, -0.1) is 16.5 Å². The minimum Gasteiger partial charge on any atom is -0.505 e. The van der Waals surface area contributed by atoms with Crippen molar-refractivity contribution in [3.8, 4) is 16.3 Å².